The summed E-state index contributed by atoms with van der Waals surface area (Å²) in [6.07, 6.45) is 0.959. The van der Waals surface area contributed by atoms with Gasteiger partial charge in [0.2, 0.25) is 10.0 Å². The molecular formula is C14H23BrN2O2S. The van der Waals surface area contributed by atoms with Gasteiger partial charge in [0.15, 0.2) is 0 Å². The lowest BCUT2D eigenvalue weighted by Crippen LogP contribution is -2.31. The fraction of sp³-hybridized carbons (Fsp3) is 0.571. The molecule has 114 valence electrons. The van der Waals surface area contributed by atoms with E-state index in [1.54, 1.807) is 19.2 Å². The Kier molecular flexibility index (Phi) is 6.64. The third-order valence-corrected chi connectivity index (χ3v) is 6.15. The second kappa shape index (κ2) is 7.54. The Labute approximate surface area is 130 Å². The molecule has 1 atom stereocenters. The maximum absolute atomic E-state index is 12.6. The third kappa shape index (κ3) is 4.28. The van der Waals surface area contributed by atoms with E-state index in [1.807, 2.05) is 13.1 Å². The fourth-order valence-corrected chi connectivity index (χ4v) is 4.16. The Morgan fingerprint density at radius 2 is 2.05 bits per heavy atom. The molecule has 0 fully saturated rings. The van der Waals surface area contributed by atoms with Gasteiger partial charge in [-0.1, -0.05) is 26.3 Å². The number of rotatable bonds is 7. The summed E-state index contributed by atoms with van der Waals surface area (Å²) in [6.45, 7) is 5.29. The molecule has 0 aliphatic heterocycles. The van der Waals surface area contributed by atoms with Crippen molar-refractivity contribution in [1.29, 1.82) is 0 Å². The van der Waals surface area contributed by atoms with E-state index in [1.165, 1.54) is 4.31 Å². The standard InChI is InChI=1S/C14H23BrN2O2S/c1-5-11(2)10-17(4)20(18,19)14-8-12(9-16-3)6-7-13(14)15/h6-8,11,16H,5,9-10H2,1-4H3. The highest BCUT2D eigenvalue weighted by Gasteiger charge is 2.24. The van der Waals surface area contributed by atoms with E-state index in [2.05, 4.69) is 35.1 Å². The summed E-state index contributed by atoms with van der Waals surface area (Å²) < 4.78 is 27.3. The molecule has 1 aromatic carbocycles. The van der Waals surface area contributed by atoms with Crippen molar-refractivity contribution in [2.45, 2.75) is 31.7 Å². The maximum Gasteiger partial charge on any atom is 0.243 e. The Morgan fingerprint density at radius 3 is 2.60 bits per heavy atom. The lowest BCUT2D eigenvalue weighted by molar-refractivity contribution is 0.393. The molecule has 20 heavy (non-hydrogen) atoms. The van der Waals surface area contributed by atoms with Crippen LogP contribution in [0.2, 0.25) is 0 Å². The van der Waals surface area contributed by atoms with Crippen LogP contribution < -0.4 is 5.32 Å². The summed E-state index contributed by atoms with van der Waals surface area (Å²) in [6, 6.07) is 5.42. The quantitative estimate of drug-likeness (QED) is 0.811. The monoisotopic (exact) mass is 362 g/mol. The number of benzene rings is 1. The number of hydrogen-bond acceptors (Lipinski definition) is 3. The van der Waals surface area contributed by atoms with E-state index < -0.39 is 10.0 Å². The number of nitrogens with zero attached hydrogens (tertiary/aromatic N) is 1. The normalized spacial score (nSPS) is 13.7. The molecule has 6 heteroatoms. The maximum atomic E-state index is 12.6. The van der Waals surface area contributed by atoms with Crippen molar-refractivity contribution >= 4 is 26.0 Å². The average Bonchev–Trinajstić information content (AvgIpc) is 2.40. The first kappa shape index (κ1) is 17.6. The van der Waals surface area contributed by atoms with Crippen LogP contribution in [0.25, 0.3) is 0 Å². The molecule has 0 bridgehead atoms. The first-order valence-corrected chi connectivity index (χ1v) is 8.95. The average molecular weight is 363 g/mol. The molecule has 0 saturated carbocycles. The Hall–Kier alpha value is -0.430. The molecule has 1 N–H and O–H groups in total. The summed E-state index contributed by atoms with van der Waals surface area (Å²) >= 11 is 3.34. The van der Waals surface area contributed by atoms with Crippen LogP contribution in [0.5, 0.6) is 0 Å². The van der Waals surface area contributed by atoms with E-state index in [4.69, 9.17) is 0 Å². The van der Waals surface area contributed by atoms with E-state index in [-0.39, 0.29) is 0 Å². The molecule has 0 aliphatic carbocycles. The van der Waals surface area contributed by atoms with Crippen LogP contribution in [0.15, 0.2) is 27.6 Å². The predicted molar refractivity (Wildman–Crippen MR) is 86.2 cm³/mol. The lowest BCUT2D eigenvalue weighted by atomic mass is 10.1. The van der Waals surface area contributed by atoms with Crippen molar-refractivity contribution < 1.29 is 8.42 Å². The van der Waals surface area contributed by atoms with Crippen LogP contribution in [-0.2, 0) is 16.6 Å². The molecule has 0 amide bonds. The first-order chi connectivity index (χ1) is 9.32. The van der Waals surface area contributed by atoms with Crippen molar-refractivity contribution in [2.24, 2.45) is 5.92 Å². The van der Waals surface area contributed by atoms with Gasteiger partial charge in [-0.3, -0.25) is 0 Å². The molecule has 0 saturated heterocycles. The van der Waals surface area contributed by atoms with Gasteiger partial charge >= 0.3 is 0 Å². The Morgan fingerprint density at radius 1 is 1.40 bits per heavy atom. The van der Waals surface area contributed by atoms with Crippen molar-refractivity contribution in [3.05, 3.63) is 28.2 Å². The highest BCUT2D eigenvalue weighted by molar-refractivity contribution is 9.10. The Bertz CT molecular complexity index is 546. The van der Waals surface area contributed by atoms with Gasteiger partial charge in [-0.2, -0.15) is 0 Å². The second-order valence-corrected chi connectivity index (χ2v) is 7.96. The molecule has 4 nitrogen and oxygen atoms in total. The van der Waals surface area contributed by atoms with Gasteiger partial charge < -0.3 is 5.32 Å². The molecule has 0 radical (unpaired) electrons. The summed E-state index contributed by atoms with van der Waals surface area (Å²) in [7, 11) is 0.0192. The largest absolute Gasteiger partial charge is 0.316 e. The van der Waals surface area contributed by atoms with Crippen LogP contribution in [0.4, 0.5) is 0 Å². The fourth-order valence-electron chi connectivity index (χ4n) is 1.89. The minimum absolute atomic E-state index is 0.330. The van der Waals surface area contributed by atoms with Crippen LogP contribution in [0.3, 0.4) is 0 Å². The highest BCUT2D eigenvalue weighted by Crippen LogP contribution is 2.26. The number of nitrogens with one attached hydrogen (secondary N) is 1. The third-order valence-electron chi connectivity index (χ3n) is 3.33. The molecule has 0 heterocycles. The minimum atomic E-state index is -3.46. The van der Waals surface area contributed by atoms with Gasteiger partial charge in [-0.25, -0.2) is 12.7 Å². The minimum Gasteiger partial charge on any atom is -0.316 e. The molecule has 1 aromatic rings. The van der Waals surface area contributed by atoms with E-state index in [9.17, 15) is 8.42 Å². The zero-order valence-corrected chi connectivity index (χ0v) is 14.9. The van der Waals surface area contributed by atoms with Gasteiger partial charge in [0, 0.05) is 24.6 Å². The summed E-state index contributed by atoms with van der Waals surface area (Å²) in [4.78, 5) is 0.330. The highest BCUT2D eigenvalue weighted by atomic mass is 79.9. The predicted octanol–water partition coefficient (Wildman–Crippen LogP) is 2.84. The SMILES string of the molecule is CCC(C)CN(C)S(=O)(=O)c1cc(CNC)ccc1Br. The molecular weight excluding hydrogens is 340 g/mol. The number of hydrogen-bond donors (Lipinski definition) is 1. The van der Waals surface area contributed by atoms with Gasteiger partial charge in [0.05, 0.1) is 4.90 Å². The van der Waals surface area contributed by atoms with Crippen molar-refractivity contribution in [3.63, 3.8) is 0 Å². The van der Waals surface area contributed by atoms with Crippen LogP contribution in [-0.4, -0.2) is 33.4 Å². The van der Waals surface area contributed by atoms with Gasteiger partial charge in [-0.05, 0) is 46.6 Å². The van der Waals surface area contributed by atoms with Crippen LogP contribution >= 0.6 is 15.9 Å². The number of halogens is 1. The smallest absolute Gasteiger partial charge is 0.243 e. The first-order valence-electron chi connectivity index (χ1n) is 6.72. The summed E-state index contributed by atoms with van der Waals surface area (Å²) in [5.74, 6) is 0.342. The molecule has 0 aromatic heterocycles. The van der Waals surface area contributed by atoms with Crippen LogP contribution in [0, 0.1) is 5.92 Å². The zero-order chi connectivity index (χ0) is 15.3. The van der Waals surface area contributed by atoms with Gasteiger partial charge in [0.1, 0.15) is 0 Å². The van der Waals surface area contributed by atoms with E-state index >= 15 is 0 Å². The number of sulfonamides is 1. The lowest BCUT2D eigenvalue weighted by Gasteiger charge is -2.21. The van der Waals surface area contributed by atoms with E-state index in [0.717, 1.165) is 12.0 Å². The topological polar surface area (TPSA) is 49.4 Å². The molecule has 1 unspecified atom stereocenters. The van der Waals surface area contributed by atoms with Crippen molar-refractivity contribution in [1.82, 2.24) is 9.62 Å². The van der Waals surface area contributed by atoms with E-state index in [0.29, 0.717) is 28.4 Å². The second-order valence-electron chi connectivity index (χ2n) is 5.09. The zero-order valence-electron chi connectivity index (χ0n) is 12.5. The summed E-state index contributed by atoms with van der Waals surface area (Å²) in [5, 5.41) is 3.03. The molecule has 1 rings (SSSR count). The van der Waals surface area contributed by atoms with Crippen LogP contribution in [0.1, 0.15) is 25.8 Å². The van der Waals surface area contributed by atoms with Gasteiger partial charge in [-0.15, -0.1) is 0 Å². The van der Waals surface area contributed by atoms with Gasteiger partial charge in [0.25, 0.3) is 0 Å². The molecule has 0 aliphatic rings. The van der Waals surface area contributed by atoms with Crippen molar-refractivity contribution in [2.75, 3.05) is 20.6 Å². The Balaban J connectivity index is 3.10. The van der Waals surface area contributed by atoms with Crippen molar-refractivity contribution in [3.8, 4) is 0 Å². The molecule has 0 spiro atoms. The summed E-state index contributed by atoms with van der Waals surface area (Å²) in [5.41, 5.74) is 0.950.